The van der Waals surface area contributed by atoms with Crippen molar-refractivity contribution in [1.29, 1.82) is 5.26 Å². The van der Waals surface area contributed by atoms with Gasteiger partial charge in [0.2, 0.25) is 5.95 Å². The molecular formula is C7H8ClN5. The van der Waals surface area contributed by atoms with Gasteiger partial charge in [0.1, 0.15) is 11.0 Å². The third-order valence-electron chi connectivity index (χ3n) is 1.27. The first kappa shape index (κ1) is 9.55. The third-order valence-corrected chi connectivity index (χ3v) is 1.46. The molecule has 1 aromatic heterocycles. The minimum Gasteiger partial charge on any atom is -0.347 e. The maximum Gasteiger partial charge on any atom is 0.228 e. The van der Waals surface area contributed by atoms with Crippen molar-refractivity contribution in [1.82, 2.24) is 9.97 Å². The predicted octanol–water partition coefficient (Wildman–Crippen LogP) is 1.09. The summed E-state index contributed by atoms with van der Waals surface area (Å²) in [7, 11) is 3.59. The number of anilines is 2. The first-order chi connectivity index (χ1) is 6.13. The topological polar surface area (TPSA) is 64.8 Å². The number of nitrogens with zero attached hydrogens (tertiary/aromatic N) is 4. The molecule has 68 valence electrons. The molecule has 0 aliphatic carbocycles. The minimum atomic E-state index is 0.302. The van der Waals surface area contributed by atoms with E-state index in [2.05, 4.69) is 15.3 Å². The lowest BCUT2D eigenvalue weighted by atomic mass is 10.6. The van der Waals surface area contributed by atoms with Gasteiger partial charge in [0.15, 0.2) is 6.19 Å². The summed E-state index contributed by atoms with van der Waals surface area (Å²) in [5.74, 6) is 0.858. The Morgan fingerprint density at radius 2 is 2.23 bits per heavy atom. The molecule has 1 rings (SSSR count). The van der Waals surface area contributed by atoms with Gasteiger partial charge in [-0.15, -0.1) is 0 Å². The smallest absolute Gasteiger partial charge is 0.228 e. The summed E-state index contributed by atoms with van der Waals surface area (Å²) in [6.07, 6.45) is 1.76. The Hall–Kier alpha value is -1.54. The van der Waals surface area contributed by atoms with Crippen molar-refractivity contribution < 1.29 is 0 Å². The number of hydrogen-bond donors (Lipinski definition) is 1. The lowest BCUT2D eigenvalue weighted by Crippen LogP contribution is -2.13. The highest BCUT2D eigenvalue weighted by Gasteiger charge is 2.03. The van der Waals surface area contributed by atoms with Crippen molar-refractivity contribution in [2.75, 3.05) is 24.3 Å². The SMILES string of the molecule is CN(C)c1nc(Cl)cc(NC#N)n1. The molecule has 6 heteroatoms. The number of hydrogen-bond acceptors (Lipinski definition) is 5. The van der Waals surface area contributed by atoms with Crippen LogP contribution in [0.2, 0.25) is 5.15 Å². The molecule has 13 heavy (non-hydrogen) atoms. The van der Waals surface area contributed by atoms with Crippen molar-refractivity contribution in [3.8, 4) is 6.19 Å². The number of nitrogens with one attached hydrogen (secondary N) is 1. The van der Waals surface area contributed by atoms with Gasteiger partial charge in [0, 0.05) is 20.2 Å². The van der Waals surface area contributed by atoms with Gasteiger partial charge in [-0.25, -0.2) is 4.98 Å². The van der Waals surface area contributed by atoms with Crippen molar-refractivity contribution in [2.45, 2.75) is 0 Å². The zero-order valence-corrected chi connectivity index (χ0v) is 8.00. The van der Waals surface area contributed by atoms with E-state index in [0.717, 1.165) is 0 Å². The van der Waals surface area contributed by atoms with Crippen LogP contribution in [0.15, 0.2) is 6.07 Å². The normalized spacial score (nSPS) is 9.08. The van der Waals surface area contributed by atoms with E-state index in [1.807, 2.05) is 0 Å². The van der Waals surface area contributed by atoms with E-state index in [0.29, 0.717) is 16.9 Å². The Kier molecular flexibility index (Phi) is 2.88. The first-order valence-corrected chi connectivity index (χ1v) is 3.88. The van der Waals surface area contributed by atoms with Gasteiger partial charge in [-0.05, 0) is 0 Å². The summed E-state index contributed by atoms with van der Waals surface area (Å²) in [5, 5.41) is 11.1. The monoisotopic (exact) mass is 197 g/mol. The number of nitriles is 1. The van der Waals surface area contributed by atoms with Gasteiger partial charge in [-0.2, -0.15) is 10.2 Å². The van der Waals surface area contributed by atoms with Crippen LogP contribution in [0.1, 0.15) is 0 Å². The lowest BCUT2D eigenvalue weighted by Gasteiger charge is -2.10. The molecule has 0 bridgehead atoms. The second kappa shape index (κ2) is 3.92. The molecule has 0 spiro atoms. The van der Waals surface area contributed by atoms with Crippen LogP contribution in [0.5, 0.6) is 0 Å². The maximum atomic E-state index is 8.36. The second-order valence-electron chi connectivity index (χ2n) is 2.51. The molecule has 0 atom stereocenters. The van der Waals surface area contributed by atoms with Gasteiger partial charge in [-0.1, -0.05) is 11.6 Å². The number of halogens is 1. The third kappa shape index (κ3) is 2.46. The molecule has 0 saturated carbocycles. The molecule has 0 amide bonds. The van der Waals surface area contributed by atoms with E-state index in [-0.39, 0.29) is 0 Å². The van der Waals surface area contributed by atoms with Gasteiger partial charge >= 0.3 is 0 Å². The zero-order valence-electron chi connectivity index (χ0n) is 7.24. The van der Waals surface area contributed by atoms with Crippen molar-refractivity contribution in [3.63, 3.8) is 0 Å². The van der Waals surface area contributed by atoms with Crippen LogP contribution in [-0.4, -0.2) is 24.1 Å². The van der Waals surface area contributed by atoms with Gasteiger partial charge in [0.25, 0.3) is 0 Å². The highest BCUT2D eigenvalue weighted by atomic mass is 35.5. The summed E-state index contributed by atoms with van der Waals surface area (Å²) in [6, 6.07) is 1.48. The molecule has 0 fully saturated rings. The van der Waals surface area contributed by atoms with Crippen LogP contribution in [0.3, 0.4) is 0 Å². The number of rotatable bonds is 2. The fourth-order valence-corrected chi connectivity index (χ4v) is 0.906. The van der Waals surface area contributed by atoms with Crippen LogP contribution >= 0.6 is 11.6 Å². The van der Waals surface area contributed by atoms with Crippen molar-refractivity contribution in [3.05, 3.63) is 11.2 Å². The fraction of sp³-hybridized carbons (Fsp3) is 0.286. The fourth-order valence-electron chi connectivity index (χ4n) is 0.727. The molecule has 1 aromatic rings. The first-order valence-electron chi connectivity index (χ1n) is 3.50. The van der Waals surface area contributed by atoms with Crippen LogP contribution < -0.4 is 10.2 Å². The van der Waals surface area contributed by atoms with E-state index < -0.39 is 0 Å². The molecule has 0 aromatic carbocycles. The Balaban J connectivity index is 3.05. The molecule has 0 radical (unpaired) electrons. The average molecular weight is 198 g/mol. The maximum absolute atomic E-state index is 8.36. The lowest BCUT2D eigenvalue weighted by molar-refractivity contribution is 1.00. The summed E-state index contributed by atoms with van der Waals surface area (Å²) in [6.45, 7) is 0. The van der Waals surface area contributed by atoms with Crippen molar-refractivity contribution in [2.24, 2.45) is 0 Å². The Morgan fingerprint density at radius 1 is 1.54 bits per heavy atom. The van der Waals surface area contributed by atoms with Gasteiger partial charge in [-0.3, -0.25) is 5.32 Å². The Labute approximate surface area is 81.0 Å². The van der Waals surface area contributed by atoms with Crippen LogP contribution in [0.25, 0.3) is 0 Å². The van der Waals surface area contributed by atoms with Crippen LogP contribution in [0.4, 0.5) is 11.8 Å². The summed E-state index contributed by atoms with van der Waals surface area (Å²) >= 11 is 5.70. The van der Waals surface area contributed by atoms with E-state index >= 15 is 0 Å². The molecular weight excluding hydrogens is 190 g/mol. The average Bonchev–Trinajstić information content (AvgIpc) is 2.03. The Morgan fingerprint density at radius 3 is 2.77 bits per heavy atom. The molecule has 0 aliphatic rings. The quantitative estimate of drug-likeness (QED) is 0.437. The highest BCUT2D eigenvalue weighted by molar-refractivity contribution is 6.29. The van der Waals surface area contributed by atoms with Gasteiger partial charge < -0.3 is 4.90 Å². The highest BCUT2D eigenvalue weighted by Crippen LogP contribution is 2.15. The van der Waals surface area contributed by atoms with Crippen LogP contribution in [0, 0.1) is 11.5 Å². The van der Waals surface area contributed by atoms with E-state index in [1.54, 1.807) is 25.2 Å². The van der Waals surface area contributed by atoms with E-state index in [4.69, 9.17) is 16.9 Å². The molecule has 1 heterocycles. The molecule has 5 nitrogen and oxygen atoms in total. The molecule has 0 aliphatic heterocycles. The summed E-state index contributed by atoms with van der Waals surface area (Å²) in [5.41, 5.74) is 0. The second-order valence-corrected chi connectivity index (χ2v) is 2.89. The molecule has 0 unspecified atom stereocenters. The van der Waals surface area contributed by atoms with Crippen molar-refractivity contribution >= 4 is 23.4 Å². The predicted molar refractivity (Wildman–Crippen MR) is 50.6 cm³/mol. The minimum absolute atomic E-state index is 0.302. The zero-order chi connectivity index (χ0) is 9.84. The molecule has 0 saturated heterocycles. The summed E-state index contributed by atoms with van der Waals surface area (Å²) in [4.78, 5) is 9.67. The Bertz CT molecular complexity index is 343. The number of aromatic nitrogens is 2. The van der Waals surface area contributed by atoms with Crippen LogP contribution in [-0.2, 0) is 0 Å². The molecule has 1 N–H and O–H groups in total. The van der Waals surface area contributed by atoms with E-state index in [1.165, 1.54) is 6.07 Å². The largest absolute Gasteiger partial charge is 0.347 e. The summed E-state index contributed by atoms with van der Waals surface area (Å²) < 4.78 is 0. The van der Waals surface area contributed by atoms with Gasteiger partial charge in [0.05, 0.1) is 0 Å². The van der Waals surface area contributed by atoms with E-state index in [9.17, 15) is 0 Å². The standard InChI is InChI=1S/C7H8ClN5/c1-13(2)7-11-5(8)3-6(12-7)10-4-9/h3H,1-2H3,(H,10,11,12).